The number of hydrogen-bond acceptors (Lipinski definition) is 6. The highest BCUT2D eigenvalue weighted by atomic mass is 16.5. The van der Waals surface area contributed by atoms with Gasteiger partial charge in [-0.3, -0.25) is 9.80 Å². The Bertz CT molecular complexity index is 1110. The number of esters is 2. The molecule has 6 heteroatoms. The minimum atomic E-state index is -0.187. The zero-order valence-electron chi connectivity index (χ0n) is 18.4. The molecule has 0 aromatic heterocycles. The van der Waals surface area contributed by atoms with E-state index in [0.717, 1.165) is 67.7 Å². The first-order valence-electron chi connectivity index (χ1n) is 11.6. The lowest BCUT2D eigenvalue weighted by Gasteiger charge is -2.62. The number of piperazine rings is 1. The number of nitrogens with zero attached hydrogens (tertiary/aromatic N) is 2. The molecule has 4 aliphatic heterocycles. The van der Waals surface area contributed by atoms with Gasteiger partial charge in [-0.25, -0.2) is 9.59 Å². The molecule has 32 heavy (non-hydrogen) atoms. The van der Waals surface area contributed by atoms with E-state index in [4.69, 9.17) is 9.47 Å². The van der Waals surface area contributed by atoms with E-state index in [-0.39, 0.29) is 11.9 Å². The van der Waals surface area contributed by atoms with Crippen molar-refractivity contribution in [2.75, 3.05) is 32.8 Å². The Labute approximate surface area is 188 Å². The fourth-order valence-corrected chi connectivity index (χ4v) is 5.70. The number of fused-ring (bicyclic) bond motifs is 3. The number of hydrogen-bond donors (Lipinski definition) is 0. The van der Waals surface area contributed by atoms with E-state index < -0.39 is 0 Å². The van der Waals surface area contributed by atoms with E-state index in [1.807, 2.05) is 12.1 Å². The van der Waals surface area contributed by atoms with Crippen molar-refractivity contribution < 1.29 is 19.1 Å². The Hall–Kier alpha value is -2.70. The molecule has 6 nitrogen and oxygen atoms in total. The maximum absolute atomic E-state index is 11.8. The SMILES string of the molecule is Cc1c(CCN2CC3C2CN3CCc2ccc3c(c2)CCOC3=O)ccc2c1COC2=O. The predicted molar refractivity (Wildman–Crippen MR) is 119 cm³/mol. The molecule has 4 heterocycles. The van der Waals surface area contributed by atoms with Crippen LogP contribution in [0.3, 0.4) is 0 Å². The average Bonchev–Trinajstić information content (AvgIpc) is 3.16. The van der Waals surface area contributed by atoms with E-state index in [2.05, 4.69) is 34.9 Å². The molecule has 0 radical (unpaired) electrons. The number of likely N-dealkylation sites (tertiary alicyclic amines) is 2. The van der Waals surface area contributed by atoms with Gasteiger partial charge in [0.2, 0.25) is 0 Å². The summed E-state index contributed by atoms with van der Waals surface area (Å²) in [6.07, 6.45) is 2.88. The molecule has 0 N–H and O–H groups in total. The number of benzene rings is 2. The number of cyclic esters (lactones) is 2. The van der Waals surface area contributed by atoms with Gasteiger partial charge in [0.05, 0.1) is 17.7 Å². The van der Waals surface area contributed by atoms with Crippen molar-refractivity contribution in [2.45, 2.75) is 44.9 Å². The summed E-state index contributed by atoms with van der Waals surface area (Å²) in [5.74, 6) is -0.373. The van der Waals surface area contributed by atoms with Crippen molar-refractivity contribution in [3.8, 4) is 0 Å². The molecule has 0 saturated carbocycles. The van der Waals surface area contributed by atoms with Crippen molar-refractivity contribution in [3.05, 3.63) is 69.3 Å². The lowest BCUT2D eigenvalue weighted by molar-refractivity contribution is -0.122. The van der Waals surface area contributed by atoms with Gasteiger partial charge in [-0.05, 0) is 54.2 Å². The fraction of sp³-hybridized carbons (Fsp3) is 0.462. The van der Waals surface area contributed by atoms with Crippen molar-refractivity contribution in [1.82, 2.24) is 9.80 Å². The summed E-state index contributed by atoms with van der Waals surface area (Å²) in [6, 6.07) is 11.6. The van der Waals surface area contributed by atoms with Gasteiger partial charge < -0.3 is 9.47 Å². The molecule has 4 aliphatic rings. The highest BCUT2D eigenvalue weighted by Gasteiger charge is 2.50. The third-order valence-corrected chi connectivity index (χ3v) is 7.85. The van der Waals surface area contributed by atoms with Gasteiger partial charge in [-0.1, -0.05) is 18.2 Å². The molecular formula is C26H28N2O4. The molecule has 0 spiro atoms. The maximum atomic E-state index is 11.8. The molecule has 2 unspecified atom stereocenters. The molecule has 2 atom stereocenters. The van der Waals surface area contributed by atoms with Crippen LogP contribution in [0.25, 0.3) is 0 Å². The molecule has 2 aromatic carbocycles. The second-order valence-electron chi connectivity index (χ2n) is 9.45. The molecule has 166 valence electrons. The molecule has 2 saturated heterocycles. The van der Waals surface area contributed by atoms with Crippen LogP contribution < -0.4 is 0 Å². The van der Waals surface area contributed by atoms with E-state index >= 15 is 0 Å². The first-order valence-corrected chi connectivity index (χ1v) is 11.6. The van der Waals surface area contributed by atoms with Crippen molar-refractivity contribution in [3.63, 3.8) is 0 Å². The molecule has 0 bridgehead atoms. The topological polar surface area (TPSA) is 59.1 Å². The van der Waals surface area contributed by atoms with Gasteiger partial charge >= 0.3 is 11.9 Å². The van der Waals surface area contributed by atoms with Crippen LogP contribution in [0.5, 0.6) is 0 Å². The van der Waals surface area contributed by atoms with Crippen LogP contribution in [-0.2, 0) is 35.3 Å². The van der Waals surface area contributed by atoms with Crippen LogP contribution in [-0.4, -0.2) is 66.6 Å². The Morgan fingerprint density at radius 2 is 1.62 bits per heavy atom. The Morgan fingerprint density at radius 1 is 0.906 bits per heavy atom. The number of carbonyl (C=O) groups is 2. The number of rotatable bonds is 6. The van der Waals surface area contributed by atoms with Gasteiger partial charge in [0.15, 0.2) is 0 Å². The minimum absolute atomic E-state index is 0.185. The van der Waals surface area contributed by atoms with Gasteiger partial charge in [-0.2, -0.15) is 0 Å². The van der Waals surface area contributed by atoms with Crippen LogP contribution in [0.15, 0.2) is 30.3 Å². The zero-order chi connectivity index (χ0) is 21.8. The van der Waals surface area contributed by atoms with Gasteiger partial charge in [0, 0.05) is 50.2 Å². The summed E-state index contributed by atoms with van der Waals surface area (Å²) in [6.45, 7) is 7.48. The summed E-state index contributed by atoms with van der Waals surface area (Å²) in [7, 11) is 0. The summed E-state index contributed by atoms with van der Waals surface area (Å²) in [5.41, 5.74) is 7.54. The van der Waals surface area contributed by atoms with Crippen LogP contribution >= 0.6 is 0 Å². The van der Waals surface area contributed by atoms with E-state index in [1.165, 1.54) is 16.7 Å². The standard InChI is InChI=1S/C26H28N2O4/c1-16-18(3-5-21-22(16)15-32-26(21)30)7-10-28-14-23-24(28)13-27(23)9-6-17-2-4-20-19(12-17)8-11-31-25(20)29/h2-5,12,23-24H,6-11,13-15H2,1H3. The van der Waals surface area contributed by atoms with E-state index in [1.54, 1.807) is 0 Å². The molecule has 2 aromatic rings. The second-order valence-corrected chi connectivity index (χ2v) is 9.45. The Kier molecular flexibility index (Phi) is 4.81. The van der Waals surface area contributed by atoms with Crippen molar-refractivity contribution in [2.24, 2.45) is 0 Å². The predicted octanol–water partition coefficient (Wildman–Crippen LogP) is 2.53. The largest absolute Gasteiger partial charge is 0.462 e. The molecule has 2 fully saturated rings. The monoisotopic (exact) mass is 432 g/mol. The lowest BCUT2D eigenvalue weighted by Crippen LogP contribution is -2.78. The zero-order valence-corrected chi connectivity index (χ0v) is 18.4. The van der Waals surface area contributed by atoms with Gasteiger partial charge in [0.25, 0.3) is 0 Å². The normalized spacial score (nSPS) is 24.0. The third-order valence-electron chi connectivity index (χ3n) is 7.85. The first kappa shape index (κ1) is 19.9. The summed E-state index contributed by atoms with van der Waals surface area (Å²) < 4.78 is 10.3. The number of carbonyl (C=O) groups excluding carboxylic acids is 2. The summed E-state index contributed by atoms with van der Waals surface area (Å²) in [4.78, 5) is 28.7. The molecule has 6 rings (SSSR count). The van der Waals surface area contributed by atoms with Crippen LogP contribution in [0, 0.1) is 6.92 Å². The first-order chi connectivity index (χ1) is 15.6. The second kappa shape index (κ2) is 7.71. The van der Waals surface area contributed by atoms with E-state index in [9.17, 15) is 9.59 Å². The molecule has 0 amide bonds. The Morgan fingerprint density at radius 3 is 2.41 bits per heavy atom. The highest BCUT2D eigenvalue weighted by molar-refractivity contribution is 5.94. The highest BCUT2D eigenvalue weighted by Crippen LogP contribution is 2.34. The van der Waals surface area contributed by atoms with Crippen molar-refractivity contribution in [1.29, 1.82) is 0 Å². The van der Waals surface area contributed by atoms with Crippen molar-refractivity contribution >= 4 is 11.9 Å². The van der Waals surface area contributed by atoms with E-state index in [0.29, 0.717) is 25.3 Å². The quantitative estimate of drug-likeness (QED) is 0.654. The average molecular weight is 433 g/mol. The van der Waals surface area contributed by atoms with Crippen LogP contribution in [0.2, 0.25) is 0 Å². The van der Waals surface area contributed by atoms with Crippen LogP contribution in [0.4, 0.5) is 0 Å². The minimum Gasteiger partial charge on any atom is -0.462 e. The smallest absolute Gasteiger partial charge is 0.338 e. The summed E-state index contributed by atoms with van der Waals surface area (Å²) in [5, 5.41) is 0. The summed E-state index contributed by atoms with van der Waals surface area (Å²) >= 11 is 0. The fourth-order valence-electron chi connectivity index (χ4n) is 5.70. The maximum Gasteiger partial charge on any atom is 0.338 e. The van der Waals surface area contributed by atoms with Crippen LogP contribution in [0.1, 0.15) is 48.5 Å². The molecular weight excluding hydrogens is 404 g/mol. The Balaban J connectivity index is 0.990. The number of ether oxygens (including phenoxy) is 2. The third kappa shape index (κ3) is 3.24. The molecule has 0 aliphatic carbocycles. The lowest BCUT2D eigenvalue weighted by atomic mass is 9.84. The van der Waals surface area contributed by atoms with Gasteiger partial charge in [-0.15, -0.1) is 0 Å². The van der Waals surface area contributed by atoms with Gasteiger partial charge in [0.1, 0.15) is 6.61 Å².